The Kier molecular flexibility index (Phi) is 3.79. The van der Waals surface area contributed by atoms with Gasteiger partial charge in [0.05, 0.1) is 31.2 Å². The van der Waals surface area contributed by atoms with Crippen LogP contribution in [-0.4, -0.2) is 21.9 Å². The Labute approximate surface area is 125 Å². The van der Waals surface area contributed by atoms with E-state index in [-0.39, 0.29) is 5.91 Å². The zero-order valence-electron chi connectivity index (χ0n) is 11.3. The average molecular weight is 305 g/mol. The molecule has 0 saturated heterocycles. The number of thiophene rings is 1. The van der Waals surface area contributed by atoms with E-state index in [4.69, 9.17) is 9.52 Å². The third-order valence-electron chi connectivity index (χ3n) is 3.59. The Hall–Kier alpha value is -2.08. The molecular formula is C15H15NO4S. The second-order valence-corrected chi connectivity index (χ2v) is 6.17. The first-order valence-electron chi connectivity index (χ1n) is 6.71. The smallest absolute Gasteiger partial charge is 0.307 e. The molecule has 6 heteroatoms. The maximum Gasteiger partial charge on any atom is 0.307 e. The maximum atomic E-state index is 12.5. The molecule has 2 heterocycles. The number of carbonyl (C=O) groups is 2. The number of amides is 1. The number of carbonyl (C=O) groups excluding carboxylic acids is 1. The summed E-state index contributed by atoms with van der Waals surface area (Å²) in [7, 11) is 0. The van der Waals surface area contributed by atoms with Gasteiger partial charge in [-0.05, 0) is 30.0 Å². The SMILES string of the molecule is O=C(O)[C@H]1C[C@@H]1C(=O)N(Cc1ccco1)Cc1cccs1. The molecule has 1 aliphatic carbocycles. The topological polar surface area (TPSA) is 70.8 Å². The van der Waals surface area contributed by atoms with E-state index < -0.39 is 17.8 Å². The van der Waals surface area contributed by atoms with Gasteiger partial charge in [-0.15, -0.1) is 11.3 Å². The van der Waals surface area contributed by atoms with Gasteiger partial charge in [-0.2, -0.15) is 0 Å². The van der Waals surface area contributed by atoms with Crippen LogP contribution < -0.4 is 0 Å². The maximum absolute atomic E-state index is 12.5. The second-order valence-electron chi connectivity index (χ2n) is 5.14. The van der Waals surface area contributed by atoms with E-state index >= 15 is 0 Å². The first-order valence-corrected chi connectivity index (χ1v) is 7.59. The third-order valence-corrected chi connectivity index (χ3v) is 4.45. The number of nitrogens with zero attached hydrogens (tertiary/aromatic N) is 1. The van der Waals surface area contributed by atoms with Gasteiger partial charge in [0.2, 0.25) is 5.91 Å². The van der Waals surface area contributed by atoms with E-state index in [1.54, 1.807) is 28.6 Å². The molecule has 21 heavy (non-hydrogen) atoms. The van der Waals surface area contributed by atoms with Gasteiger partial charge in [0, 0.05) is 4.88 Å². The molecule has 3 rings (SSSR count). The van der Waals surface area contributed by atoms with Crippen LogP contribution in [0.25, 0.3) is 0 Å². The Morgan fingerprint density at radius 3 is 2.71 bits per heavy atom. The van der Waals surface area contributed by atoms with Crippen LogP contribution in [0.5, 0.6) is 0 Å². The molecule has 2 aromatic rings. The molecule has 0 bridgehead atoms. The van der Waals surface area contributed by atoms with Crippen LogP contribution in [0.2, 0.25) is 0 Å². The van der Waals surface area contributed by atoms with Crippen molar-refractivity contribution < 1.29 is 19.1 Å². The van der Waals surface area contributed by atoms with Crippen LogP contribution in [0, 0.1) is 11.8 Å². The quantitative estimate of drug-likeness (QED) is 0.890. The van der Waals surface area contributed by atoms with Crippen molar-refractivity contribution in [2.75, 3.05) is 0 Å². The van der Waals surface area contributed by atoms with Gasteiger partial charge in [0.1, 0.15) is 5.76 Å². The molecule has 0 aromatic carbocycles. The van der Waals surface area contributed by atoms with E-state index in [2.05, 4.69) is 0 Å². The van der Waals surface area contributed by atoms with Gasteiger partial charge in [-0.25, -0.2) is 0 Å². The Morgan fingerprint density at radius 1 is 1.29 bits per heavy atom. The molecule has 1 N–H and O–H groups in total. The number of rotatable bonds is 6. The number of furan rings is 1. The van der Waals surface area contributed by atoms with Crippen molar-refractivity contribution in [3.63, 3.8) is 0 Å². The van der Waals surface area contributed by atoms with Crippen molar-refractivity contribution in [2.45, 2.75) is 19.5 Å². The van der Waals surface area contributed by atoms with Gasteiger partial charge in [0.15, 0.2) is 0 Å². The summed E-state index contributed by atoms with van der Waals surface area (Å²) < 4.78 is 5.30. The van der Waals surface area contributed by atoms with Crippen LogP contribution in [0.3, 0.4) is 0 Å². The van der Waals surface area contributed by atoms with Crippen molar-refractivity contribution in [3.8, 4) is 0 Å². The highest BCUT2D eigenvalue weighted by molar-refractivity contribution is 7.09. The number of carboxylic acids is 1. The molecule has 1 fully saturated rings. The first-order chi connectivity index (χ1) is 10.1. The summed E-state index contributed by atoms with van der Waals surface area (Å²) >= 11 is 1.58. The lowest BCUT2D eigenvalue weighted by atomic mass is 10.2. The van der Waals surface area contributed by atoms with Crippen molar-refractivity contribution >= 4 is 23.2 Å². The van der Waals surface area contributed by atoms with E-state index in [1.165, 1.54) is 0 Å². The summed E-state index contributed by atoms with van der Waals surface area (Å²) in [5, 5.41) is 10.9. The summed E-state index contributed by atoms with van der Waals surface area (Å²) in [5.41, 5.74) is 0. The monoisotopic (exact) mass is 305 g/mol. The summed E-state index contributed by atoms with van der Waals surface area (Å²) in [6.45, 7) is 0.854. The fourth-order valence-electron chi connectivity index (χ4n) is 2.37. The molecule has 5 nitrogen and oxygen atoms in total. The summed E-state index contributed by atoms with van der Waals surface area (Å²) in [5.74, 6) is -1.21. The summed E-state index contributed by atoms with van der Waals surface area (Å²) in [6, 6.07) is 7.50. The molecule has 1 aliphatic rings. The van der Waals surface area contributed by atoms with Crippen LogP contribution >= 0.6 is 11.3 Å². The minimum Gasteiger partial charge on any atom is -0.481 e. The molecule has 2 atom stereocenters. The van der Waals surface area contributed by atoms with Crippen LogP contribution in [0.4, 0.5) is 0 Å². The Morgan fingerprint density at radius 2 is 2.14 bits per heavy atom. The molecular weight excluding hydrogens is 290 g/mol. The van der Waals surface area contributed by atoms with Crippen LogP contribution in [0.15, 0.2) is 40.3 Å². The minimum atomic E-state index is -0.887. The number of carboxylic acid groups (broad SMARTS) is 1. The van der Waals surface area contributed by atoms with Crippen molar-refractivity contribution in [2.24, 2.45) is 11.8 Å². The van der Waals surface area contributed by atoms with E-state index in [0.717, 1.165) is 4.88 Å². The molecule has 110 valence electrons. The lowest BCUT2D eigenvalue weighted by Gasteiger charge is -2.21. The number of hydrogen-bond acceptors (Lipinski definition) is 4. The lowest BCUT2D eigenvalue weighted by Crippen LogP contribution is -2.32. The predicted octanol–water partition coefficient (Wildman–Crippen LogP) is 2.59. The highest BCUT2D eigenvalue weighted by Gasteiger charge is 2.49. The standard InChI is InChI=1S/C15H15NO4S/c17-14(12-7-13(12)15(18)19)16(8-10-3-1-5-20-10)9-11-4-2-6-21-11/h1-6,12-13H,7-9H2,(H,18,19)/t12-,13-/m0/s1. The molecule has 0 spiro atoms. The zero-order valence-corrected chi connectivity index (χ0v) is 12.1. The Bertz CT molecular complexity index is 584. The fraction of sp³-hybridized carbons (Fsp3) is 0.333. The third kappa shape index (κ3) is 3.16. The second kappa shape index (κ2) is 5.73. The van der Waals surface area contributed by atoms with Gasteiger partial charge in [0.25, 0.3) is 0 Å². The first kappa shape index (κ1) is 13.9. The van der Waals surface area contributed by atoms with Gasteiger partial charge in [-0.3, -0.25) is 9.59 Å². The number of hydrogen-bond donors (Lipinski definition) is 1. The van der Waals surface area contributed by atoms with E-state index in [9.17, 15) is 9.59 Å². The summed E-state index contributed by atoms with van der Waals surface area (Å²) in [4.78, 5) is 26.2. The van der Waals surface area contributed by atoms with E-state index in [1.807, 2.05) is 23.6 Å². The molecule has 0 radical (unpaired) electrons. The normalized spacial score (nSPS) is 20.2. The molecule has 2 aromatic heterocycles. The average Bonchev–Trinajstić information content (AvgIpc) is 2.85. The molecule has 1 amide bonds. The minimum absolute atomic E-state index is 0.104. The molecule has 1 saturated carbocycles. The van der Waals surface area contributed by atoms with Crippen LogP contribution in [0.1, 0.15) is 17.1 Å². The van der Waals surface area contributed by atoms with Crippen molar-refractivity contribution in [1.29, 1.82) is 0 Å². The predicted molar refractivity (Wildman–Crippen MR) is 76.5 cm³/mol. The van der Waals surface area contributed by atoms with Gasteiger partial charge < -0.3 is 14.4 Å². The number of aliphatic carboxylic acids is 1. The Balaban J connectivity index is 1.72. The van der Waals surface area contributed by atoms with Gasteiger partial charge in [-0.1, -0.05) is 6.07 Å². The largest absolute Gasteiger partial charge is 0.481 e. The molecule has 0 aliphatic heterocycles. The summed E-state index contributed by atoms with van der Waals surface area (Å²) in [6.07, 6.45) is 2.01. The highest BCUT2D eigenvalue weighted by Crippen LogP contribution is 2.40. The molecule has 0 unspecified atom stereocenters. The van der Waals surface area contributed by atoms with Crippen molar-refractivity contribution in [1.82, 2.24) is 4.90 Å². The van der Waals surface area contributed by atoms with Crippen LogP contribution in [-0.2, 0) is 22.7 Å². The lowest BCUT2D eigenvalue weighted by molar-refractivity contribution is -0.142. The van der Waals surface area contributed by atoms with Gasteiger partial charge >= 0.3 is 5.97 Å². The fourth-order valence-corrected chi connectivity index (χ4v) is 3.09. The van der Waals surface area contributed by atoms with E-state index in [0.29, 0.717) is 25.3 Å². The zero-order chi connectivity index (χ0) is 14.8. The highest BCUT2D eigenvalue weighted by atomic mass is 32.1. The van der Waals surface area contributed by atoms with Crippen molar-refractivity contribution in [3.05, 3.63) is 46.5 Å².